The number of aliphatic hydroxyl groups excluding tert-OH is 1. The Hall–Kier alpha value is -1.58. The number of hydrogen-bond donors (Lipinski definition) is 1. The zero-order valence-electron chi connectivity index (χ0n) is 11.4. The summed E-state index contributed by atoms with van der Waals surface area (Å²) in [5, 5.41) is 10.4. The first-order chi connectivity index (χ1) is 10.2. The van der Waals surface area contributed by atoms with Crippen molar-refractivity contribution >= 4 is 11.6 Å². The number of fused-ring (bicyclic) bond motifs is 1. The Bertz CT molecular complexity index is 644. The summed E-state index contributed by atoms with van der Waals surface area (Å²) in [7, 11) is 0. The lowest BCUT2D eigenvalue weighted by molar-refractivity contribution is 0.145. The molecule has 0 saturated heterocycles. The van der Waals surface area contributed by atoms with E-state index in [1.807, 2.05) is 24.3 Å². The van der Waals surface area contributed by atoms with Crippen LogP contribution in [0, 0.1) is 5.82 Å². The van der Waals surface area contributed by atoms with Crippen molar-refractivity contribution in [3.63, 3.8) is 0 Å². The molecule has 1 aliphatic rings. The average molecular weight is 307 g/mol. The van der Waals surface area contributed by atoms with Crippen LogP contribution >= 0.6 is 11.6 Å². The molecule has 2 unspecified atom stereocenters. The van der Waals surface area contributed by atoms with Gasteiger partial charge >= 0.3 is 0 Å². The van der Waals surface area contributed by atoms with Crippen LogP contribution in [0.1, 0.15) is 36.0 Å². The van der Waals surface area contributed by atoms with Gasteiger partial charge in [-0.2, -0.15) is 0 Å². The van der Waals surface area contributed by atoms with Gasteiger partial charge in [-0.3, -0.25) is 0 Å². The first-order valence-electron chi connectivity index (χ1n) is 7.00. The highest BCUT2D eigenvalue weighted by Gasteiger charge is 2.25. The normalized spacial score (nSPS) is 18.7. The fourth-order valence-corrected chi connectivity index (χ4v) is 3.09. The van der Waals surface area contributed by atoms with Gasteiger partial charge in [0.15, 0.2) is 0 Å². The molecule has 21 heavy (non-hydrogen) atoms. The van der Waals surface area contributed by atoms with Crippen LogP contribution < -0.4 is 4.74 Å². The van der Waals surface area contributed by atoms with Gasteiger partial charge in [0, 0.05) is 5.56 Å². The topological polar surface area (TPSA) is 29.5 Å². The maximum atomic E-state index is 13.5. The van der Waals surface area contributed by atoms with Crippen molar-refractivity contribution in [1.82, 2.24) is 0 Å². The highest BCUT2D eigenvalue weighted by Crippen LogP contribution is 2.40. The van der Waals surface area contributed by atoms with Crippen LogP contribution in [0.5, 0.6) is 5.75 Å². The smallest absolute Gasteiger partial charge is 0.142 e. The fraction of sp³-hybridized carbons (Fsp3) is 0.294. The first-order valence-corrected chi connectivity index (χ1v) is 7.38. The molecule has 110 valence electrons. The molecule has 0 amide bonds. The minimum absolute atomic E-state index is 0.00495. The number of rotatable bonds is 3. The molecule has 2 aromatic carbocycles. The summed E-state index contributed by atoms with van der Waals surface area (Å²) < 4.78 is 19.1. The van der Waals surface area contributed by atoms with Crippen molar-refractivity contribution in [2.24, 2.45) is 0 Å². The van der Waals surface area contributed by atoms with E-state index in [-0.39, 0.29) is 10.9 Å². The van der Waals surface area contributed by atoms with E-state index >= 15 is 0 Å². The van der Waals surface area contributed by atoms with E-state index in [9.17, 15) is 9.50 Å². The third-order valence-corrected chi connectivity index (χ3v) is 4.33. The summed E-state index contributed by atoms with van der Waals surface area (Å²) in [6, 6.07) is 12.4. The summed E-state index contributed by atoms with van der Waals surface area (Å²) in [5.41, 5.74) is 1.54. The van der Waals surface area contributed by atoms with Gasteiger partial charge in [0.1, 0.15) is 11.6 Å². The van der Waals surface area contributed by atoms with Crippen LogP contribution in [0.15, 0.2) is 42.5 Å². The molecule has 1 N–H and O–H groups in total. The van der Waals surface area contributed by atoms with Crippen molar-refractivity contribution in [2.45, 2.75) is 24.9 Å². The molecule has 0 aromatic heterocycles. The van der Waals surface area contributed by atoms with Gasteiger partial charge in [0.25, 0.3) is 0 Å². The van der Waals surface area contributed by atoms with E-state index in [0.29, 0.717) is 18.6 Å². The van der Waals surface area contributed by atoms with E-state index in [1.54, 1.807) is 12.1 Å². The predicted octanol–water partition coefficient (Wildman–Crippen LogP) is 4.47. The lowest BCUT2D eigenvalue weighted by atomic mass is 9.86. The molecule has 2 nitrogen and oxygen atoms in total. The van der Waals surface area contributed by atoms with Crippen LogP contribution in [0.3, 0.4) is 0 Å². The standard InChI is InChI=1S/C17H16ClFO2/c18-17-13(5-3-6-14(17)19)15(20)10-11-8-9-21-16-7-2-1-4-12(11)16/h1-7,11,15,20H,8-10H2. The zero-order valence-corrected chi connectivity index (χ0v) is 12.2. The second-order valence-electron chi connectivity index (χ2n) is 5.27. The molecule has 0 fully saturated rings. The summed E-state index contributed by atoms with van der Waals surface area (Å²) in [6.07, 6.45) is 0.550. The van der Waals surface area contributed by atoms with Crippen LogP contribution in [-0.4, -0.2) is 11.7 Å². The van der Waals surface area contributed by atoms with E-state index in [4.69, 9.17) is 16.3 Å². The predicted molar refractivity (Wildman–Crippen MR) is 80.3 cm³/mol. The van der Waals surface area contributed by atoms with Gasteiger partial charge in [-0.15, -0.1) is 0 Å². The lowest BCUT2D eigenvalue weighted by Crippen LogP contribution is -2.16. The van der Waals surface area contributed by atoms with Crippen molar-refractivity contribution in [3.8, 4) is 5.75 Å². The third-order valence-electron chi connectivity index (χ3n) is 3.93. The van der Waals surface area contributed by atoms with E-state index in [2.05, 4.69) is 0 Å². The van der Waals surface area contributed by atoms with Gasteiger partial charge in [-0.1, -0.05) is 41.9 Å². The molecule has 0 saturated carbocycles. The van der Waals surface area contributed by atoms with Gasteiger partial charge < -0.3 is 9.84 Å². The molecule has 1 aliphatic heterocycles. The van der Waals surface area contributed by atoms with Crippen LogP contribution in [0.4, 0.5) is 4.39 Å². The van der Waals surface area contributed by atoms with Crippen molar-refractivity contribution in [2.75, 3.05) is 6.61 Å². The Morgan fingerprint density at radius 3 is 2.90 bits per heavy atom. The number of para-hydroxylation sites is 1. The Morgan fingerprint density at radius 1 is 1.24 bits per heavy atom. The molecule has 0 spiro atoms. The van der Waals surface area contributed by atoms with Crippen molar-refractivity contribution in [1.29, 1.82) is 0 Å². The van der Waals surface area contributed by atoms with Gasteiger partial charge in [0.2, 0.25) is 0 Å². The fourth-order valence-electron chi connectivity index (χ4n) is 2.84. The summed E-state index contributed by atoms with van der Waals surface area (Å²) in [4.78, 5) is 0. The quantitative estimate of drug-likeness (QED) is 0.906. The SMILES string of the molecule is OC(CC1CCOc2ccccc21)c1cccc(F)c1Cl. The third kappa shape index (κ3) is 2.89. The molecular weight excluding hydrogens is 291 g/mol. The number of ether oxygens (including phenoxy) is 1. The largest absolute Gasteiger partial charge is 0.493 e. The minimum atomic E-state index is -0.788. The second-order valence-corrected chi connectivity index (χ2v) is 5.64. The van der Waals surface area contributed by atoms with E-state index in [1.165, 1.54) is 6.07 Å². The van der Waals surface area contributed by atoms with Crippen molar-refractivity contribution < 1.29 is 14.2 Å². The maximum absolute atomic E-state index is 13.5. The highest BCUT2D eigenvalue weighted by atomic mass is 35.5. The maximum Gasteiger partial charge on any atom is 0.142 e. The number of hydrogen-bond acceptors (Lipinski definition) is 2. The molecule has 0 radical (unpaired) electrons. The molecule has 3 rings (SSSR count). The van der Waals surface area contributed by atoms with E-state index < -0.39 is 11.9 Å². The first kappa shape index (κ1) is 14.4. The molecule has 0 bridgehead atoms. The Labute approximate surface area is 128 Å². The van der Waals surface area contributed by atoms with Gasteiger partial charge in [-0.05, 0) is 36.5 Å². The van der Waals surface area contributed by atoms with Crippen molar-refractivity contribution in [3.05, 3.63) is 64.4 Å². The molecular formula is C17H16ClFO2. The summed E-state index contributed by atoms with van der Waals surface area (Å²) in [6.45, 7) is 0.630. The molecule has 1 heterocycles. The number of benzene rings is 2. The summed E-state index contributed by atoms with van der Waals surface area (Å²) >= 11 is 5.95. The number of halogens is 2. The molecule has 4 heteroatoms. The number of aliphatic hydroxyl groups is 1. The average Bonchev–Trinajstić information content (AvgIpc) is 2.50. The highest BCUT2D eigenvalue weighted by molar-refractivity contribution is 6.31. The van der Waals surface area contributed by atoms with Crippen LogP contribution in [-0.2, 0) is 0 Å². The molecule has 0 aliphatic carbocycles. The van der Waals surface area contributed by atoms with E-state index in [0.717, 1.165) is 17.7 Å². The lowest BCUT2D eigenvalue weighted by Gasteiger charge is -2.27. The summed E-state index contributed by atoms with van der Waals surface area (Å²) in [5.74, 6) is 0.552. The Morgan fingerprint density at radius 2 is 2.05 bits per heavy atom. The van der Waals surface area contributed by atoms with Gasteiger partial charge in [-0.25, -0.2) is 4.39 Å². The monoisotopic (exact) mass is 306 g/mol. The second kappa shape index (κ2) is 6.04. The van der Waals surface area contributed by atoms with Crippen LogP contribution in [0.2, 0.25) is 5.02 Å². The minimum Gasteiger partial charge on any atom is -0.493 e. The Balaban J connectivity index is 1.83. The molecule has 2 atom stereocenters. The Kier molecular flexibility index (Phi) is 4.13. The van der Waals surface area contributed by atoms with Gasteiger partial charge in [0.05, 0.1) is 17.7 Å². The zero-order chi connectivity index (χ0) is 14.8. The molecule has 2 aromatic rings. The van der Waals surface area contributed by atoms with Crippen LogP contribution in [0.25, 0.3) is 0 Å².